The van der Waals surface area contributed by atoms with Crippen LogP contribution in [0.25, 0.3) is 5.76 Å². The maximum absolute atomic E-state index is 13.3. The van der Waals surface area contributed by atoms with Crippen LogP contribution in [-0.2, 0) is 21.4 Å². The van der Waals surface area contributed by atoms with Gasteiger partial charge in [0.15, 0.2) is 0 Å². The number of nitrogens with zero attached hydrogens (tertiary/aromatic N) is 1. The van der Waals surface area contributed by atoms with Crippen molar-refractivity contribution in [3.05, 3.63) is 94.2 Å². The molecular weight excluding hydrogens is 461 g/mol. The molecule has 1 fully saturated rings. The largest absolute Gasteiger partial charge is 0.507 e. The number of benzene rings is 2. The van der Waals surface area contributed by atoms with Gasteiger partial charge in [-0.3, -0.25) is 9.59 Å². The number of carbonyl (C=O) groups is 2. The number of aliphatic hydroxyl groups excluding tert-OH is 1. The first kappa shape index (κ1) is 25.2. The summed E-state index contributed by atoms with van der Waals surface area (Å²) in [5.41, 5.74) is 1.76. The number of likely N-dealkylation sites (tertiary alicyclic amines) is 1. The second kappa shape index (κ2) is 9.64. The third-order valence-electron chi connectivity index (χ3n) is 6.41. The van der Waals surface area contributed by atoms with E-state index >= 15 is 0 Å². The molecule has 1 unspecified atom stereocenters. The van der Waals surface area contributed by atoms with Gasteiger partial charge in [0.2, 0.25) is 0 Å². The number of methoxy groups -OCH3 is 1. The molecule has 3 aromatic rings. The number of hydrogen-bond acceptors (Lipinski definition) is 5. The van der Waals surface area contributed by atoms with Gasteiger partial charge in [-0.05, 0) is 66.8 Å². The molecule has 1 aliphatic rings. The van der Waals surface area contributed by atoms with Crippen molar-refractivity contribution in [3.63, 3.8) is 0 Å². The molecule has 2 aromatic carbocycles. The molecule has 0 saturated carbocycles. The number of hydrogen-bond donors (Lipinski definition) is 1. The van der Waals surface area contributed by atoms with Crippen molar-refractivity contribution in [2.45, 2.75) is 45.6 Å². The third kappa shape index (κ3) is 4.78. The number of aryl methyl sites for hydroxylation is 1. The van der Waals surface area contributed by atoms with Crippen molar-refractivity contribution < 1.29 is 28.2 Å². The fourth-order valence-electron chi connectivity index (χ4n) is 4.50. The topological polar surface area (TPSA) is 80.0 Å². The zero-order chi connectivity index (χ0) is 26.2. The van der Waals surface area contributed by atoms with Gasteiger partial charge in [-0.25, -0.2) is 4.39 Å². The number of ketones is 1. The van der Waals surface area contributed by atoms with E-state index in [0.717, 1.165) is 11.1 Å². The Bertz CT molecular complexity index is 1330. The Hall–Kier alpha value is -3.87. The second-order valence-electron chi connectivity index (χ2n) is 9.98. The lowest BCUT2D eigenvalue weighted by molar-refractivity contribution is -0.140. The normalized spacial score (nSPS) is 17.6. The standard InChI is InChI=1S/C29H30FNO5/c1-17-6-12-23(36-17)25-24(26(32)19-9-13-22(35-5)21(16-19)29(2,3)4)27(33)28(34)31(25)15-14-18-7-10-20(30)11-8-18/h6-13,16,25,32H,14-15H2,1-5H3/b26-24-. The van der Waals surface area contributed by atoms with Crippen LogP contribution in [0, 0.1) is 12.7 Å². The molecule has 188 valence electrons. The summed E-state index contributed by atoms with van der Waals surface area (Å²) in [5.74, 6) is -0.451. The van der Waals surface area contributed by atoms with Crippen LogP contribution < -0.4 is 4.74 Å². The fraction of sp³-hybridized carbons (Fsp3) is 0.310. The summed E-state index contributed by atoms with van der Waals surface area (Å²) in [6, 6.07) is 13.8. The number of rotatable bonds is 6. The van der Waals surface area contributed by atoms with Gasteiger partial charge in [-0.2, -0.15) is 0 Å². The molecule has 1 saturated heterocycles. The van der Waals surface area contributed by atoms with Gasteiger partial charge >= 0.3 is 0 Å². The van der Waals surface area contributed by atoms with Crippen LogP contribution >= 0.6 is 0 Å². The van der Waals surface area contributed by atoms with Gasteiger partial charge in [0.05, 0.1) is 12.7 Å². The van der Waals surface area contributed by atoms with Crippen LogP contribution in [0.1, 0.15) is 55.0 Å². The molecule has 1 aromatic heterocycles. The van der Waals surface area contributed by atoms with Crippen molar-refractivity contribution in [1.29, 1.82) is 0 Å². The molecule has 2 heterocycles. The second-order valence-corrected chi connectivity index (χ2v) is 9.98. The van der Waals surface area contributed by atoms with E-state index < -0.39 is 17.7 Å². The highest BCUT2D eigenvalue weighted by atomic mass is 19.1. The minimum Gasteiger partial charge on any atom is -0.507 e. The number of ether oxygens (including phenoxy) is 1. The van der Waals surface area contributed by atoms with Crippen molar-refractivity contribution in [2.24, 2.45) is 0 Å². The van der Waals surface area contributed by atoms with Crippen LogP contribution in [0.5, 0.6) is 5.75 Å². The lowest BCUT2D eigenvalue weighted by Crippen LogP contribution is -2.31. The smallest absolute Gasteiger partial charge is 0.295 e. The highest BCUT2D eigenvalue weighted by Gasteiger charge is 2.47. The first-order valence-electron chi connectivity index (χ1n) is 11.8. The van der Waals surface area contributed by atoms with Crippen LogP contribution in [0.15, 0.2) is 64.6 Å². The van der Waals surface area contributed by atoms with Crippen LogP contribution in [0.2, 0.25) is 0 Å². The van der Waals surface area contributed by atoms with E-state index in [1.807, 2.05) is 20.8 Å². The third-order valence-corrected chi connectivity index (χ3v) is 6.41. The zero-order valence-electron chi connectivity index (χ0n) is 21.1. The summed E-state index contributed by atoms with van der Waals surface area (Å²) in [6.45, 7) is 8.03. The Morgan fingerprint density at radius 1 is 1.08 bits per heavy atom. The summed E-state index contributed by atoms with van der Waals surface area (Å²) in [6.07, 6.45) is 0.403. The summed E-state index contributed by atoms with van der Waals surface area (Å²) in [7, 11) is 1.58. The lowest BCUT2D eigenvalue weighted by atomic mass is 9.84. The number of amides is 1. The van der Waals surface area contributed by atoms with E-state index in [1.165, 1.54) is 17.0 Å². The van der Waals surface area contributed by atoms with Crippen LogP contribution in [-0.4, -0.2) is 35.4 Å². The minimum atomic E-state index is -0.890. The zero-order valence-corrected chi connectivity index (χ0v) is 21.1. The van der Waals surface area contributed by atoms with Gasteiger partial charge in [-0.1, -0.05) is 32.9 Å². The maximum atomic E-state index is 13.3. The van der Waals surface area contributed by atoms with E-state index in [4.69, 9.17) is 9.15 Å². The van der Waals surface area contributed by atoms with Gasteiger partial charge in [0, 0.05) is 17.7 Å². The molecule has 0 radical (unpaired) electrons. The Morgan fingerprint density at radius 3 is 2.36 bits per heavy atom. The first-order valence-corrected chi connectivity index (χ1v) is 11.8. The number of aliphatic hydroxyl groups is 1. The lowest BCUT2D eigenvalue weighted by Gasteiger charge is -2.24. The highest BCUT2D eigenvalue weighted by Crippen LogP contribution is 2.41. The van der Waals surface area contributed by atoms with E-state index in [9.17, 15) is 19.1 Å². The summed E-state index contributed by atoms with van der Waals surface area (Å²) < 4.78 is 24.6. The fourth-order valence-corrected chi connectivity index (χ4v) is 4.50. The van der Waals surface area contributed by atoms with Crippen LogP contribution in [0.3, 0.4) is 0 Å². The molecule has 1 N–H and O–H groups in total. The molecule has 0 bridgehead atoms. The molecule has 0 spiro atoms. The number of furan rings is 1. The van der Waals surface area contributed by atoms with Crippen molar-refractivity contribution in [3.8, 4) is 5.75 Å². The first-order chi connectivity index (χ1) is 17.0. The predicted molar refractivity (Wildman–Crippen MR) is 134 cm³/mol. The van der Waals surface area contributed by atoms with Gasteiger partial charge in [0.25, 0.3) is 11.7 Å². The van der Waals surface area contributed by atoms with Gasteiger partial charge in [-0.15, -0.1) is 0 Å². The molecular formula is C29H30FNO5. The maximum Gasteiger partial charge on any atom is 0.295 e. The van der Waals surface area contributed by atoms with Crippen LogP contribution in [0.4, 0.5) is 4.39 Å². The van der Waals surface area contributed by atoms with Gasteiger partial charge in [0.1, 0.15) is 34.9 Å². The molecule has 1 aliphatic heterocycles. The summed E-state index contributed by atoms with van der Waals surface area (Å²) >= 11 is 0. The average molecular weight is 492 g/mol. The number of Topliss-reactive ketones (excluding diaryl/α,β-unsaturated/α-hetero) is 1. The monoisotopic (exact) mass is 491 g/mol. The SMILES string of the molecule is COc1ccc(/C(O)=C2/C(=O)C(=O)N(CCc3ccc(F)cc3)C2c2ccc(C)o2)cc1C(C)(C)C. The van der Waals surface area contributed by atoms with E-state index in [-0.39, 0.29) is 29.1 Å². The average Bonchev–Trinajstić information content (AvgIpc) is 3.38. The number of halogens is 1. The van der Waals surface area contributed by atoms with Crippen molar-refractivity contribution in [2.75, 3.05) is 13.7 Å². The molecule has 4 rings (SSSR count). The Labute approximate surface area is 210 Å². The Kier molecular flexibility index (Phi) is 6.76. The predicted octanol–water partition coefficient (Wildman–Crippen LogP) is 5.70. The quantitative estimate of drug-likeness (QED) is 0.272. The molecule has 0 aliphatic carbocycles. The van der Waals surface area contributed by atoms with Gasteiger partial charge < -0.3 is 19.2 Å². The van der Waals surface area contributed by atoms with Crippen molar-refractivity contribution in [1.82, 2.24) is 4.90 Å². The van der Waals surface area contributed by atoms with E-state index in [2.05, 4.69) is 0 Å². The summed E-state index contributed by atoms with van der Waals surface area (Å²) in [4.78, 5) is 27.8. The Morgan fingerprint density at radius 2 is 1.78 bits per heavy atom. The highest BCUT2D eigenvalue weighted by molar-refractivity contribution is 6.46. The molecule has 1 amide bonds. The molecule has 7 heteroatoms. The number of carbonyl (C=O) groups excluding carboxylic acids is 2. The molecule has 6 nitrogen and oxygen atoms in total. The minimum absolute atomic E-state index is 0.0292. The van der Waals surface area contributed by atoms with Crippen molar-refractivity contribution >= 4 is 17.4 Å². The molecule has 1 atom stereocenters. The van der Waals surface area contributed by atoms with E-state index in [1.54, 1.807) is 56.5 Å². The molecule has 36 heavy (non-hydrogen) atoms. The summed E-state index contributed by atoms with van der Waals surface area (Å²) in [5, 5.41) is 11.4. The Balaban J connectivity index is 1.80. The van der Waals surface area contributed by atoms with E-state index in [0.29, 0.717) is 29.3 Å².